The van der Waals surface area contributed by atoms with Crippen molar-refractivity contribution in [3.8, 4) is 0 Å². The number of carbonyl (C=O) groups excluding carboxylic acids is 2. The van der Waals surface area contributed by atoms with Crippen molar-refractivity contribution in [1.82, 2.24) is 10.2 Å². The third-order valence-electron chi connectivity index (χ3n) is 5.99. The molecule has 10 heteroatoms. The highest BCUT2D eigenvalue weighted by atomic mass is 35.5. The Balaban J connectivity index is 2.26. The Morgan fingerprint density at radius 2 is 1.59 bits per heavy atom. The van der Waals surface area contributed by atoms with Crippen molar-refractivity contribution in [2.45, 2.75) is 72.0 Å². The average Bonchev–Trinajstić information content (AvgIpc) is 2.82. The quantitative estimate of drug-likeness (QED) is 0.348. The van der Waals surface area contributed by atoms with Crippen LogP contribution in [-0.2, 0) is 32.6 Å². The summed E-state index contributed by atoms with van der Waals surface area (Å²) in [5.74, 6) is -0.542. The highest BCUT2D eigenvalue weighted by Gasteiger charge is 2.30. The van der Waals surface area contributed by atoms with Crippen molar-refractivity contribution in [2.75, 3.05) is 17.1 Å². The molecule has 0 aliphatic heterocycles. The monoisotopic (exact) mass is 569 g/mol. The van der Waals surface area contributed by atoms with Crippen LogP contribution in [0.2, 0.25) is 10.0 Å². The number of nitrogens with one attached hydrogen (secondary N) is 1. The molecule has 2 rings (SSSR count). The highest BCUT2D eigenvalue weighted by molar-refractivity contribution is 7.92. The summed E-state index contributed by atoms with van der Waals surface area (Å²) >= 11 is 12.8. The number of benzene rings is 2. The van der Waals surface area contributed by atoms with Gasteiger partial charge in [0.15, 0.2) is 0 Å². The molecule has 2 amide bonds. The molecule has 0 radical (unpaired) electrons. The Bertz CT molecular complexity index is 1150. The van der Waals surface area contributed by atoms with Crippen molar-refractivity contribution in [2.24, 2.45) is 0 Å². The predicted molar refractivity (Wildman–Crippen MR) is 152 cm³/mol. The zero-order valence-corrected chi connectivity index (χ0v) is 24.5. The SMILES string of the molecule is CCc1ccc(N(CCCC(=O)N(Cc2c(Cl)cccc2Cl)C(CC)C(=O)NC(C)C)S(C)(=O)=O)cc1. The minimum absolute atomic E-state index is 0.0482. The van der Waals surface area contributed by atoms with E-state index in [2.05, 4.69) is 5.32 Å². The second-order valence-electron chi connectivity index (χ2n) is 9.27. The first-order chi connectivity index (χ1) is 17.4. The maximum atomic E-state index is 13.5. The number of nitrogens with zero attached hydrogens (tertiary/aromatic N) is 2. The van der Waals surface area contributed by atoms with E-state index in [0.29, 0.717) is 27.7 Å². The third-order valence-corrected chi connectivity index (χ3v) is 7.89. The van der Waals surface area contributed by atoms with E-state index >= 15 is 0 Å². The van der Waals surface area contributed by atoms with Gasteiger partial charge in [0.25, 0.3) is 0 Å². The molecule has 0 saturated carbocycles. The van der Waals surface area contributed by atoms with Crippen LogP contribution in [0.15, 0.2) is 42.5 Å². The molecule has 204 valence electrons. The van der Waals surface area contributed by atoms with E-state index in [1.54, 1.807) is 30.3 Å². The largest absolute Gasteiger partial charge is 0.352 e. The second-order valence-corrected chi connectivity index (χ2v) is 12.0. The molecule has 0 aliphatic carbocycles. The van der Waals surface area contributed by atoms with Gasteiger partial charge >= 0.3 is 0 Å². The van der Waals surface area contributed by atoms with Crippen LogP contribution in [-0.4, -0.2) is 50.0 Å². The maximum absolute atomic E-state index is 13.5. The van der Waals surface area contributed by atoms with E-state index in [0.717, 1.165) is 18.2 Å². The van der Waals surface area contributed by atoms with Gasteiger partial charge in [-0.25, -0.2) is 8.42 Å². The predicted octanol–water partition coefficient (Wildman–Crippen LogP) is 5.43. The van der Waals surface area contributed by atoms with Crippen LogP contribution < -0.4 is 9.62 Å². The number of hydrogen-bond donors (Lipinski definition) is 1. The fraction of sp³-hybridized carbons (Fsp3) is 0.481. The summed E-state index contributed by atoms with van der Waals surface area (Å²) in [4.78, 5) is 28.0. The van der Waals surface area contributed by atoms with Gasteiger partial charge in [-0.15, -0.1) is 0 Å². The van der Waals surface area contributed by atoms with Gasteiger partial charge in [-0.2, -0.15) is 0 Å². The van der Waals surface area contributed by atoms with Crippen LogP contribution in [0.4, 0.5) is 5.69 Å². The lowest BCUT2D eigenvalue weighted by molar-refractivity contribution is -0.141. The molecule has 2 aromatic carbocycles. The lowest BCUT2D eigenvalue weighted by atomic mass is 10.1. The minimum Gasteiger partial charge on any atom is -0.352 e. The molecule has 1 unspecified atom stereocenters. The van der Waals surface area contributed by atoms with Crippen LogP contribution in [0.5, 0.6) is 0 Å². The topological polar surface area (TPSA) is 86.8 Å². The van der Waals surface area contributed by atoms with Crippen molar-refractivity contribution in [3.63, 3.8) is 0 Å². The van der Waals surface area contributed by atoms with Crippen molar-refractivity contribution < 1.29 is 18.0 Å². The van der Waals surface area contributed by atoms with Crippen LogP contribution in [0.1, 0.15) is 58.1 Å². The van der Waals surface area contributed by atoms with Gasteiger partial charge in [-0.05, 0) is 62.9 Å². The lowest BCUT2D eigenvalue weighted by Crippen LogP contribution is -2.50. The van der Waals surface area contributed by atoms with Gasteiger partial charge < -0.3 is 10.2 Å². The first-order valence-corrected chi connectivity index (χ1v) is 15.1. The number of hydrogen-bond acceptors (Lipinski definition) is 4. The summed E-state index contributed by atoms with van der Waals surface area (Å²) in [7, 11) is -3.55. The van der Waals surface area contributed by atoms with E-state index in [1.807, 2.05) is 39.8 Å². The summed E-state index contributed by atoms with van der Waals surface area (Å²) < 4.78 is 26.3. The van der Waals surface area contributed by atoms with E-state index < -0.39 is 16.1 Å². The number of sulfonamides is 1. The zero-order chi connectivity index (χ0) is 27.8. The third kappa shape index (κ3) is 8.90. The highest BCUT2D eigenvalue weighted by Crippen LogP contribution is 2.27. The summed E-state index contributed by atoms with van der Waals surface area (Å²) in [6.07, 6.45) is 2.72. The fourth-order valence-corrected chi connectivity index (χ4v) is 5.54. The molecule has 0 saturated heterocycles. The summed E-state index contributed by atoms with van der Waals surface area (Å²) in [5.41, 5.74) is 2.21. The summed E-state index contributed by atoms with van der Waals surface area (Å²) in [5, 5.41) is 3.69. The Morgan fingerprint density at radius 1 is 1.00 bits per heavy atom. The van der Waals surface area contributed by atoms with Gasteiger partial charge in [0, 0.05) is 41.2 Å². The normalized spacial score (nSPS) is 12.3. The number of halogens is 2. The van der Waals surface area contributed by atoms with Gasteiger partial charge in [-0.1, -0.05) is 55.2 Å². The molecule has 2 aromatic rings. The number of amides is 2. The van der Waals surface area contributed by atoms with Gasteiger partial charge in [-0.3, -0.25) is 13.9 Å². The molecule has 0 aliphatic rings. The van der Waals surface area contributed by atoms with Gasteiger partial charge in [0.1, 0.15) is 6.04 Å². The van der Waals surface area contributed by atoms with Crippen LogP contribution in [0.25, 0.3) is 0 Å². The van der Waals surface area contributed by atoms with Crippen molar-refractivity contribution >= 4 is 50.7 Å². The van der Waals surface area contributed by atoms with Gasteiger partial charge in [0.05, 0.1) is 11.9 Å². The number of aryl methyl sites for hydroxylation is 1. The molecule has 0 heterocycles. The molecule has 1 N–H and O–H groups in total. The summed E-state index contributed by atoms with van der Waals surface area (Å²) in [6, 6.07) is 11.6. The average molecular weight is 571 g/mol. The van der Waals surface area contributed by atoms with Gasteiger partial charge in [0.2, 0.25) is 21.8 Å². The fourth-order valence-electron chi connectivity index (χ4n) is 4.06. The van der Waals surface area contributed by atoms with Crippen molar-refractivity contribution in [3.05, 3.63) is 63.6 Å². The second kappa shape index (κ2) is 14.0. The van der Waals surface area contributed by atoms with Crippen molar-refractivity contribution in [1.29, 1.82) is 0 Å². The Hall–Kier alpha value is -2.29. The standard InChI is InChI=1S/C27H37Cl2N3O4S/c1-6-20-13-15-21(16-14-20)32(37(5,35)36)17-9-12-26(33)31(25(7-2)27(34)30-19(3)4)18-22-23(28)10-8-11-24(22)29/h8,10-11,13-16,19,25H,6-7,9,12,17-18H2,1-5H3,(H,30,34). The van der Waals surface area contributed by atoms with E-state index in [1.165, 1.54) is 9.21 Å². The molecule has 0 fully saturated rings. The molecular formula is C27H37Cl2N3O4S. The molecule has 7 nitrogen and oxygen atoms in total. The molecule has 37 heavy (non-hydrogen) atoms. The smallest absolute Gasteiger partial charge is 0.243 e. The zero-order valence-electron chi connectivity index (χ0n) is 22.1. The van der Waals surface area contributed by atoms with Crippen LogP contribution in [0, 0.1) is 0 Å². The molecule has 0 spiro atoms. The molecular weight excluding hydrogens is 533 g/mol. The first-order valence-electron chi connectivity index (χ1n) is 12.5. The number of anilines is 1. The Kier molecular flexibility index (Phi) is 11.7. The summed E-state index contributed by atoms with van der Waals surface area (Å²) in [6.45, 7) is 7.77. The molecule has 0 bridgehead atoms. The van der Waals surface area contributed by atoms with E-state index in [-0.39, 0.29) is 43.8 Å². The van der Waals surface area contributed by atoms with E-state index in [4.69, 9.17) is 23.2 Å². The lowest BCUT2D eigenvalue weighted by Gasteiger charge is -2.32. The number of rotatable bonds is 13. The van der Waals surface area contributed by atoms with Crippen LogP contribution in [0.3, 0.4) is 0 Å². The molecule has 1 atom stereocenters. The Labute approximate surface area is 231 Å². The van der Waals surface area contributed by atoms with Crippen LogP contribution >= 0.6 is 23.2 Å². The maximum Gasteiger partial charge on any atom is 0.243 e. The Morgan fingerprint density at radius 3 is 2.08 bits per heavy atom. The molecule has 0 aromatic heterocycles. The number of carbonyl (C=O) groups is 2. The van der Waals surface area contributed by atoms with E-state index in [9.17, 15) is 18.0 Å². The first kappa shape index (κ1) is 30.9. The minimum atomic E-state index is -3.55.